The van der Waals surface area contributed by atoms with Gasteiger partial charge >= 0.3 is 5.97 Å². The van der Waals surface area contributed by atoms with Crippen LogP contribution in [-0.2, 0) is 0 Å². The van der Waals surface area contributed by atoms with E-state index in [0.717, 1.165) is 30.4 Å². The van der Waals surface area contributed by atoms with Crippen molar-refractivity contribution < 1.29 is 29.3 Å². The molecule has 2 rings (SSSR count). The van der Waals surface area contributed by atoms with E-state index in [4.69, 9.17) is 9.47 Å². The van der Waals surface area contributed by atoms with Gasteiger partial charge < -0.3 is 14.6 Å². The van der Waals surface area contributed by atoms with Gasteiger partial charge in [0, 0.05) is 18.9 Å². The number of methoxy groups -OCH3 is 2. The van der Waals surface area contributed by atoms with E-state index in [1.54, 1.807) is 6.07 Å². The Kier molecular flexibility index (Phi) is 5.25. The van der Waals surface area contributed by atoms with Gasteiger partial charge in [0.15, 0.2) is 0 Å². The zero-order valence-electron chi connectivity index (χ0n) is 12.9. The van der Waals surface area contributed by atoms with Crippen LogP contribution in [0, 0.1) is 0 Å². The van der Waals surface area contributed by atoms with Crippen LogP contribution in [0.1, 0.15) is 48.0 Å². The van der Waals surface area contributed by atoms with Crippen LogP contribution >= 0.6 is 0 Å². The molecule has 1 saturated carbocycles. The Morgan fingerprint density at radius 1 is 1.23 bits per heavy atom. The Balaban J connectivity index is 2.45. The maximum atomic E-state index is 11.5. The number of benzene rings is 1. The summed E-state index contributed by atoms with van der Waals surface area (Å²) in [6, 6.07) is 3.12. The highest BCUT2D eigenvalue weighted by molar-refractivity contribution is 6.00. The number of carbonyl (C=O) groups is 1. The molecule has 0 bridgehead atoms. The molecule has 1 aromatic rings. The SMILES string of the molecule is COc1cc(C=[N+](O)C2CCCCC2)c(C(=O)O)c(OC)c1. The molecule has 120 valence electrons. The highest BCUT2D eigenvalue weighted by Crippen LogP contribution is 2.28. The number of aromatic carboxylic acids is 1. The van der Waals surface area contributed by atoms with Gasteiger partial charge in [-0.2, -0.15) is 0 Å². The molecule has 0 amide bonds. The van der Waals surface area contributed by atoms with Crippen molar-refractivity contribution in [2.75, 3.05) is 14.2 Å². The topological polar surface area (TPSA) is 79.0 Å². The molecule has 0 heterocycles. The van der Waals surface area contributed by atoms with Gasteiger partial charge in [-0.3, -0.25) is 5.21 Å². The molecular formula is C16H22NO5+. The largest absolute Gasteiger partial charge is 0.497 e. The third-order valence-corrected chi connectivity index (χ3v) is 4.00. The molecule has 1 aromatic carbocycles. The quantitative estimate of drug-likeness (QED) is 0.378. The summed E-state index contributed by atoms with van der Waals surface area (Å²) in [7, 11) is 2.90. The Morgan fingerprint density at radius 3 is 2.45 bits per heavy atom. The van der Waals surface area contributed by atoms with Gasteiger partial charge in [0.1, 0.15) is 17.1 Å². The zero-order chi connectivity index (χ0) is 16.1. The number of carboxylic acids is 1. The summed E-state index contributed by atoms with van der Waals surface area (Å²) in [5, 5.41) is 19.7. The van der Waals surface area contributed by atoms with Crippen molar-refractivity contribution in [3.63, 3.8) is 0 Å². The molecule has 0 atom stereocenters. The number of nitrogens with zero attached hydrogens (tertiary/aromatic N) is 1. The Morgan fingerprint density at radius 2 is 1.91 bits per heavy atom. The molecule has 1 aliphatic rings. The van der Waals surface area contributed by atoms with E-state index in [1.807, 2.05) is 0 Å². The molecule has 0 aliphatic heterocycles. The number of ether oxygens (including phenoxy) is 2. The first-order valence-electron chi connectivity index (χ1n) is 7.38. The molecule has 1 aliphatic carbocycles. The lowest BCUT2D eigenvalue weighted by molar-refractivity contribution is -0.797. The Labute approximate surface area is 129 Å². The van der Waals surface area contributed by atoms with Crippen molar-refractivity contribution in [2.24, 2.45) is 0 Å². The third-order valence-electron chi connectivity index (χ3n) is 4.00. The average Bonchev–Trinajstić information content (AvgIpc) is 2.54. The van der Waals surface area contributed by atoms with Crippen molar-refractivity contribution in [1.82, 2.24) is 0 Å². The predicted molar refractivity (Wildman–Crippen MR) is 80.6 cm³/mol. The first-order valence-corrected chi connectivity index (χ1v) is 7.38. The molecule has 6 nitrogen and oxygen atoms in total. The molecule has 22 heavy (non-hydrogen) atoms. The van der Waals surface area contributed by atoms with E-state index in [2.05, 4.69) is 0 Å². The van der Waals surface area contributed by atoms with Gasteiger partial charge in [0.2, 0.25) is 12.3 Å². The molecule has 2 N–H and O–H groups in total. The first-order chi connectivity index (χ1) is 10.6. The summed E-state index contributed by atoms with van der Waals surface area (Å²) < 4.78 is 11.4. The van der Waals surface area contributed by atoms with Crippen molar-refractivity contribution in [2.45, 2.75) is 38.1 Å². The second-order valence-electron chi connectivity index (χ2n) is 5.40. The molecule has 0 saturated heterocycles. The van der Waals surface area contributed by atoms with Crippen LogP contribution in [0.2, 0.25) is 0 Å². The van der Waals surface area contributed by atoms with Crippen LogP contribution in [0.25, 0.3) is 0 Å². The zero-order valence-corrected chi connectivity index (χ0v) is 12.9. The van der Waals surface area contributed by atoms with Gasteiger partial charge in [-0.25, -0.2) is 4.79 Å². The van der Waals surface area contributed by atoms with Crippen LogP contribution in [0.4, 0.5) is 0 Å². The van der Waals surface area contributed by atoms with E-state index in [-0.39, 0.29) is 17.4 Å². The van der Waals surface area contributed by atoms with Crippen LogP contribution in [-0.4, -0.2) is 47.5 Å². The fourth-order valence-corrected chi connectivity index (χ4v) is 2.81. The van der Waals surface area contributed by atoms with Gasteiger partial charge in [-0.1, -0.05) is 6.42 Å². The molecule has 6 heteroatoms. The van der Waals surface area contributed by atoms with Crippen LogP contribution in [0.3, 0.4) is 0 Å². The van der Waals surface area contributed by atoms with E-state index >= 15 is 0 Å². The van der Waals surface area contributed by atoms with Gasteiger partial charge in [-0.05, 0) is 23.6 Å². The van der Waals surface area contributed by atoms with E-state index in [0.29, 0.717) is 11.3 Å². The maximum absolute atomic E-state index is 11.5. The van der Waals surface area contributed by atoms with Gasteiger partial charge in [0.25, 0.3) is 0 Å². The third kappa shape index (κ3) is 3.50. The molecule has 1 fully saturated rings. The first kappa shape index (κ1) is 16.1. The summed E-state index contributed by atoms with van der Waals surface area (Å²) in [6.07, 6.45) is 6.57. The summed E-state index contributed by atoms with van der Waals surface area (Å²) in [5.74, 6) is -0.428. The minimum Gasteiger partial charge on any atom is -0.497 e. The van der Waals surface area contributed by atoms with Gasteiger partial charge in [0.05, 0.1) is 19.8 Å². The summed E-state index contributed by atoms with van der Waals surface area (Å²) in [5.41, 5.74) is 0.370. The monoisotopic (exact) mass is 308 g/mol. The second-order valence-corrected chi connectivity index (χ2v) is 5.40. The fourth-order valence-electron chi connectivity index (χ4n) is 2.81. The predicted octanol–water partition coefficient (Wildman–Crippen LogP) is 2.56. The molecule has 0 spiro atoms. The summed E-state index contributed by atoms with van der Waals surface area (Å²) in [4.78, 5) is 11.5. The lowest BCUT2D eigenvalue weighted by atomic mass is 9.95. The highest BCUT2D eigenvalue weighted by Gasteiger charge is 2.26. The fraction of sp³-hybridized carbons (Fsp3) is 0.500. The lowest BCUT2D eigenvalue weighted by Crippen LogP contribution is -2.27. The van der Waals surface area contributed by atoms with Crippen molar-refractivity contribution in [3.05, 3.63) is 23.3 Å². The number of carboxylic acid groups (broad SMARTS) is 1. The van der Waals surface area contributed by atoms with Crippen molar-refractivity contribution in [1.29, 1.82) is 0 Å². The van der Waals surface area contributed by atoms with Crippen LogP contribution < -0.4 is 9.47 Å². The van der Waals surface area contributed by atoms with E-state index in [1.165, 1.54) is 32.9 Å². The van der Waals surface area contributed by atoms with Crippen molar-refractivity contribution in [3.8, 4) is 11.5 Å². The highest BCUT2D eigenvalue weighted by atomic mass is 16.5. The number of hydroxylamine groups is 1. The second kappa shape index (κ2) is 7.15. The standard InChI is InChI=1S/C16H21NO5/c1-21-13-8-11(15(16(18)19)14(9-13)22-2)10-17(20)12-6-4-3-5-7-12/h8-10,12H,3-7H2,1-2H3,(H-,18,19,20)/p+1. The van der Waals surface area contributed by atoms with Crippen LogP contribution in [0.5, 0.6) is 11.5 Å². The minimum atomic E-state index is -1.11. The van der Waals surface area contributed by atoms with Crippen molar-refractivity contribution >= 4 is 12.2 Å². The maximum Gasteiger partial charge on any atom is 0.340 e. The number of rotatable bonds is 5. The number of hydrogen-bond donors (Lipinski definition) is 2. The Bertz CT molecular complexity index is 576. The molecule has 0 aromatic heterocycles. The van der Waals surface area contributed by atoms with E-state index < -0.39 is 5.97 Å². The summed E-state index contributed by atoms with van der Waals surface area (Å²) >= 11 is 0. The van der Waals surface area contributed by atoms with E-state index in [9.17, 15) is 15.1 Å². The smallest absolute Gasteiger partial charge is 0.340 e. The Hall–Kier alpha value is -2.24. The molecule has 0 radical (unpaired) electrons. The minimum absolute atomic E-state index is 0.0122. The molecular weight excluding hydrogens is 286 g/mol. The van der Waals surface area contributed by atoms with Crippen LogP contribution in [0.15, 0.2) is 12.1 Å². The average molecular weight is 308 g/mol. The molecule has 0 unspecified atom stereocenters. The van der Waals surface area contributed by atoms with Gasteiger partial charge in [-0.15, -0.1) is 0 Å². The summed E-state index contributed by atoms with van der Waals surface area (Å²) in [6.45, 7) is 0. The lowest BCUT2D eigenvalue weighted by Gasteiger charge is -2.15. The normalized spacial score (nSPS) is 16.4. The number of hydrogen-bond acceptors (Lipinski definition) is 4.